The highest BCUT2D eigenvalue weighted by atomic mass is 32.1. The Kier molecular flexibility index (Phi) is 1.59. The number of hydrogen-bond donors (Lipinski definition) is 1. The lowest BCUT2D eigenvalue weighted by Gasteiger charge is -1.95. The molecule has 0 aliphatic carbocycles. The van der Waals surface area contributed by atoms with E-state index < -0.39 is 0 Å². The van der Waals surface area contributed by atoms with Crippen LogP contribution < -0.4 is 5.73 Å². The van der Waals surface area contributed by atoms with Crippen molar-refractivity contribution >= 4 is 27.3 Å². The first kappa shape index (κ1) is 7.31. The van der Waals surface area contributed by atoms with Gasteiger partial charge in [0.05, 0.1) is 0 Å². The fourth-order valence-electron chi connectivity index (χ4n) is 1.21. The lowest BCUT2D eigenvalue weighted by molar-refractivity contribution is 0.100. The molecule has 0 radical (unpaired) electrons. The summed E-state index contributed by atoms with van der Waals surface area (Å²) >= 11 is 1.61. The predicted molar refractivity (Wildman–Crippen MR) is 50.3 cm³/mol. The number of carbonyl (C=O) groups is 1. The molecule has 0 saturated heterocycles. The molecule has 3 heteroatoms. The van der Waals surface area contributed by atoms with Gasteiger partial charge in [-0.15, -0.1) is 11.3 Å². The van der Waals surface area contributed by atoms with Crippen molar-refractivity contribution in [2.75, 3.05) is 0 Å². The minimum Gasteiger partial charge on any atom is -0.366 e. The van der Waals surface area contributed by atoms with Gasteiger partial charge < -0.3 is 5.73 Å². The van der Waals surface area contributed by atoms with Crippen molar-refractivity contribution in [3.05, 3.63) is 35.2 Å². The maximum Gasteiger partial charge on any atom is 0.249 e. The molecule has 0 spiro atoms. The summed E-state index contributed by atoms with van der Waals surface area (Å²) < 4.78 is 1.10. The van der Waals surface area contributed by atoms with E-state index in [2.05, 4.69) is 0 Å². The third kappa shape index (κ3) is 0.987. The maximum absolute atomic E-state index is 10.9. The number of amides is 1. The molecule has 0 atom stereocenters. The minimum atomic E-state index is -0.362. The monoisotopic (exact) mass is 177 g/mol. The molecular weight excluding hydrogens is 170 g/mol. The number of fused-ring (bicyclic) bond motifs is 1. The highest BCUT2D eigenvalue weighted by Crippen LogP contribution is 2.23. The van der Waals surface area contributed by atoms with Crippen molar-refractivity contribution in [1.82, 2.24) is 0 Å². The molecule has 0 unspecified atom stereocenters. The normalized spacial score (nSPS) is 10.3. The molecule has 2 N–H and O–H groups in total. The Hall–Kier alpha value is -1.35. The molecule has 1 aromatic carbocycles. The first-order valence-corrected chi connectivity index (χ1v) is 4.43. The first-order valence-electron chi connectivity index (χ1n) is 3.55. The van der Waals surface area contributed by atoms with Crippen LogP contribution in [0.1, 0.15) is 10.4 Å². The van der Waals surface area contributed by atoms with Gasteiger partial charge in [0.1, 0.15) is 0 Å². The summed E-state index contributed by atoms with van der Waals surface area (Å²) in [5.74, 6) is -0.362. The summed E-state index contributed by atoms with van der Waals surface area (Å²) in [4.78, 5) is 10.9. The highest BCUT2D eigenvalue weighted by Gasteiger charge is 2.05. The van der Waals surface area contributed by atoms with Gasteiger partial charge in [-0.25, -0.2) is 0 Å². The molecular formula is C9H7NOS. The minimum absolute atomic E-state index is 0.362. The van der Waals surface area contributed by atoms with Crippen molar-refractivity contribution in [2.24, 2.45) is 5.73 Å². The lowest BCUT2D eigenvalue weighted by atomic mass is 10.1. The first-order chi connectivity index (χ1) is 5.79. The standard InChI is InChI=1S/C9H7NOS/c10-9(11)7-2-1-3-8-6(7)4-5-12-8/h1-5H,(H2,10,11). The van der Waals surface area contributed by atoms with Crippen LogP contribution in [0.4, 0.5) is 0 Å². The van der Waals surface area contributed by atoms with E-state index in [0.29, 0.717) is 5.56 Å². The topological polar surface area (TPSA) is 43.1 Å². The number of carbonyl (C=O) groups excluding carboxylic acids is 1. The average Bonchev–Trinajstić information content (AvgIpc) is 2.49. The van der Waals surface area contributed by atoms with Gasteiger partial charge in [-0.1, -0.05) is 6.07 Å². The maximum atomic E-state index is 10.9. The number of thiophene rings is 1. The Morgan fingerprint density at radius 3 is 2.92 bits per heavy atom. The molecule has 0 aliphatic heterocycles. The van der Waals surface area contributed by atoms with Crippen LogP contribution >= 0.6 is 11.3 Å². The van der Waals surface area contributed by atoms with Crippen LogP contribution in [0.25, 0.3) is 10.1 Å². The van der Waals surface area contributed by atoms with E-state index in [4.69, 9.17) is 5.73 Å². The fraction of sp³-hybridized carbons (Fsp3) is 0. The van der Waals surface area contributed by atoms with Crippen molar-refractivity contribution in [3.8, 4) is 0 Å². The Morgan fingerprint density at radius 2 is 2.17 bits per heavy atom. The third-order valence-electron chi connectivity index (χ3n) is 1.76. The van der Waals surface area contributed by atoms with Crippen LogP contribution in [0.15, 0.2) is 29.6 Å². The van der Waals surface area contributed by atoms with Gasteiger partial charge in [0.25, 0.3) is 0 Å². The molecule has 2 rings (SSSR count). The SMILES string of the molecule is NC(=O)c1cccc2sccc12. The highest BCUT2D eigenvalue weighted by molar-refractivity contribution is 7.17. The lowest BCUT2D eigenvalue weighted by Crippen LogP contribution is -2.10. The van der Waals surface area contributed by atoms with Gasteiger partial charge >= 0.3 is 0 Å². The van der Waals surface area contributed by atoms with Gasteiger partial charge in [-0.2, -0.15) is 0 Å². The molecule has 2 nitrogen and oxygen atoms in total. The summed E-state index contributed by atoms with van der Waals surface area (Å²) in [6, 6.07) is 7.49. The van der Waals surface area contributed by atoms with Gasteiger partial charge in [0, 0.05) is 15.6 Å². The Bertz CT molecular complexity index is 433. The van der Waals surface area contributed by atoms with Crippen molar-refractivity contribution in [3.63, 3.8) is 0 Å². The van der Waals surface area contributed by atoms with Crippen molar-refractivity contribution in [1.29, 1.82) is 0 Å². The zero-order valence-electron chi connectivity index (χ0n) is 6.28. The van der Waals surface area contributed by atoms with E-state index >= 15 is 0 Å². The number of hydrogen-bond acceptors (Lipinski definition) is 2. The quantitative estimate of drug-likeness (QED) is 0.711. The van der Waals surface area contributed by atoms with Crippen molar-refractivity contribution < 1.29 is 4.79 Å². The molecule has 12 heavy (non-hydrogen) atoms. The second-order valence-electron chi connectivity index (χ2n) is 2.50. The Morgan fingerprint density at radius 1 is 1.33 bits per heavy atom. The van der Waals surface area contributed by atoms with Crippen LogP contribution in [0.5, 0.6) is 0 Å². The van der Waals surface area contributed by atoms with Gasteiger partial charge in [0.2, 0.25) is 5.91 Å². The second kappa shape index (κ2) is 2.60. The summed E-state index contributed by atoms with van der Waals surface area (Å²) in [5, 5.41) is 2.91. The zero-order chi connectivity index (χ0) is 8.55. The Balaban J connectivity index is 2.82. The van der Waals surface area contributed by atoms with Gasteiger partial charge in [-0.3, -0.25) is 4.79 Å². The summed E-state index contributed by atoms with van der Waals surface area (Å²) in [6.07, 6.45) is 0. The van der Waals surface area contributed by atoms with Crippen molar-refractivity contribution in [2.45, 2.75) is 0 Å². The van der Waals surface area contributed by atoms with Crippen LogP contribution in [0.3, 0.4) is 0 Å². The van der Waals surface area contributed by atoms with E-state index in [9.17, 15) is 4.79 Å². The van der Waals surface area contributed by atoms with Crippen LogP contribution in [-0.2, 0) is 0 Å². The number of primary amides is 1. The molecule has 1 amide bonds. The Labute approximate surface area is 73.6 Å². The van der Waals surface area contributed by atoms with E-state index in [1.165, 1.54) is 0 Å². The number of benzene rings is 1. The third-order valence-corrected chi connectivity index (χ3v) is 2.64. The zero-order valence-corrected chi connectivity index (χ0v) is 7.10. The average molecular weight is 177 g/mol. The molecule has 60 valence electrons. The summed E-state index contributed by atoms with van der Waals surface area (Å²) in [7, 11) is 0. The van der Waals surface area contributed by atoms with Crippen LogP contribution in [-0.4, -0.2) is 5.91 Å². The van der Waals surface area contributed by atoms with Gasteiger partial charge in [0.15, 0.2) is 0 Å². The van der Waals surface area contributed by atoms with Crippen LogP contribution in [0.2, 0.25) is 0 Å². The summed E-state index contributed by atoms with van der Waals surface area (Å²) in [6.45, 7) is 0. The molecule has 1 heterocycles. The molecule has 1 aromatic heterocycles. The molecule has 0 saturated carbocycles. The molecule has 0 fully saturated rings. The molecule has 0 aliphatic rings. The second-order valence-corrected chi connectivity index (χ2v) is 3.45. The smallest absolute Gasteiger partial charge is 0.249 e. The van der Waals surface area contributed by atoms with Crippen LogP contribution in [0, 0.1) is 0 Å². The molecule has 2 aromatic rings. The van der Waals surface area contributed by atoms with E-state index in [1.807, 2.05) is 23.6 Å². The van der Waals surface area contributed by atoms with E-state index in [0.717, 1.165) is 10.1 Å². The number of nitrogens with two attached hydrogens (primary N) is 1. The fourth-order valence-corrected chi connectivity index (χ4v) is 2.02. The summed E-state index contributed by atoms with van der Waals surface area (Å²) in [5.41, 5.74) is 5.81. The number of rotatable bonds is 1. The largest absolute Gasteiger partial charge is 0.366 e. The van der Waals surface area contributed by atoms with E-state index in [1.54, 1.807) is 17.4 Å². The molecule has 0 bridgehead atoms. The van der Waals surface area contributed by atoms with Gasteiger partial charge in [-0.05, 0) is 23.6 Å². The van der Waals surface area contributed by atoms with E-state index in [-0.39, 0.29) is 5.91 Å². The predicted octanol–water partition coefficient (Wildman–Crippen LogP) is 2.00.